The van der Waals surface area contributed by atoms with E-state index in [0.29, 0.717) is 19.8 Å². The Morgan fingerprint density at radius 3 is 2.81 bits per heavy atom. The van der Waals surface area contributed by atoms with Gasteiger partial charge >= 0.3 is 6.09 Å². The van der Waals surface area contributed by atoms with Crippen LogP contribution in [0.15, 0.2) is 0 Å². The molecule has 0 aliphatic carbocycles. The summed E-state index contributed by atoms with van der Waals surface area (Å²) < 4.78 is 10.5. The number of carbonyl (C=O) groups is 1. The van der Waals surface area contributed by atoms with E-state index in [-0.39, 0.29) is 18.7 Å². The van der Waals surface area contributed by atoms with Gasteiger partial charge < -0.3 is 14.3 Å². The third-order valence-electron chi connectivity index (χ3n) is 2.14. The van der Waals surface area contributed by atoms with Gasteiger partial charge in [0.25, 0.3) is 0 Å². The van der Waals surface area contributed by atoms with Crippen LogP contribution in [0.4, 0.5) is 4.79 Å². The number of nitrogens with zero attached hydrogens (tertiary/aromatic N) is 1. The van der Waals surface area contributed by atoms with Crippen LogP contribution in [-0.2, 0) is 14.3 Å². The van der Waals surface area contributed by atoms with Crippen LogP contribution < -0.4 is 5.90 Å². The molecule has 1 atom stereocenters. The van der Waals surface area contributed by atoms with Crippen molar-refractivity contribution in [2.75, 3.05) is 26.4 Å². The average Bonchev–Trinajstić information content (AvgIpc) is 2.16. The van der Waals surface area contributed by atoms with E-state index in [0.717, 1.165) is 0 Å². The number of hydrogen-bond donors (Lipinski definition) is 1. The van der Waals surface area contributed by atoms with Gasteiger partial charge in [0.2, 0.25) is 0 Å². The molecule has 0 spiro atoms. The van der Waals surface area contributed by atoms with Gasteiger partial charge in [0, 0.05) is 6.54 Å². The second-order valence-corrected chi connectivity index (χ2v) is 4.74. The maximum Gasteiger partial charge on any atom is 0.410 e. The number of ether oxygens (including phenoxy) is 2. The van der Waals surface area contributed by atoms with Gasteiger partial charge in [-0.3, -0.25) is 4.90 Å². The van der Waals surface area contributed by atoms with Crippen molar-refractivity contribution < 1.29 is 19.1 Å². The third-order valence-corrected chi connectivity index (χ3v) is 2.14. The van der Waals surface area contributed by atoms with E-state index in [1.807, 2.05) is 20.8 Å². The first-order valence-electron chi connectivity index (χ1n) is 5.33. The van der Waals surface area contributed by atoms with E-state index in [1.165, 1.54) is 0 Å². The smallest absolute Gasteiger partial charge is 0.410 e. The first kappa shape index (κ1) is 13.2. The fourth-order valence-electron chi connectivity index (χ4n) is 1.46. The number of carbonyl (C=O) groups excluding carboxylic acids is 1. The Bertz CT molecular complexity index is 237. The lowest BCUT2D eigenvalue weighted by Crippen LogP contribution is -2.52. The van der Waals surface area contributed by atoms with Gasteiger partial charge in [-0.1, -0.05) is 0 Å². The Morgan fingerprint density at radius 2 is 2.25 bits per heavy atom. The zero-order valence-corrected chi connectivity index (χ0v) is 10.1. The van der Waals surface area contributed by atoms with E-state index in [9.17, 15) is 4.79 Å². The van der Waals surface area contributed by atoms with E-state index in [1.54, 1.807) is 4.90 Å². The van der Waals surface area contributed by atoms with Crippen LogP contribution in [0.2, 0.25) is 0 Å². The minimum Gasteiger partial charge on any atom is -0.444 e. The van der Waals surface area contributed by atoms with Crippen molar-refractivity contribution in [1.82, 2.24) is 4.90 Å². The Hall–Kier alpha value is -0.850. The van der Waals surface area contributed by atoms with Gasteiger partial charge in [0.05, 0.1) is 25.9 Å². The van der Waals surface area contributed by atoms with Crippen LogP contribution in [0.25, 0.3) is 0 Å². The zero-order valence-electron chi connectivity index (χ0n) is 10.1. The molecule has 1 fully saturated rings. The van der Waals surface area contributed by atoms with Gasteiger partial charge in [-0.2, -0.15) is 0 Å². The monoisotopic (exact) mass is 232 g/mol. The fourth-order valence-corrected chi connectivity index (χ4v) is 1.46. The molecule has 0 unspecified atom stereocenters. The number of hydrogen-bond acceptors (Lipinski definition) is 5. The van der Waals surface area contributed by atoms with Crippen molar-refractivity contribution in [1.29, 1.82) is 0 Å². The Kier molecular flexibility index (Phi) is 4.52. The van der Waals surface area contributed by atoms with Crippen molar-refractivity contribution >= 4 is 6.09 Å². The van der Waals surface area contributed by atoms with Gasteiger partial charge in [-0.05, 0) is 20.8 Å². The topological polar surface area (TPSA) is 74.0 Å². The van der Waals surface area contributed by atoms with Gasteiger partial charge in [0.15, 0.2) is 0 Å². The molecule has 0 aromatic heterocycles. The molecular formula is C10H20N2O4. The minimum atomic E-state index is -0.497. The summed E-state index contributed by atoms with van der Waals surface area (Å²) in [4.78, 5) is 18.0. The second kappa shape index (κ2) is 5.47. The lowest BCUT2D eigenvalue weighted by atomic mass is 10.2. The lowest BCUT2D eigenvalue weighted by Gasteiger charge is -2.35. The molecule has 16 heavy (non-hydrogen) atoms. The SMILES string of the molecule is CC(C)(C)OC(=O)N1CCOC[C@H]1CON. The zero-order chi connectivity index (χ0) is 12.2. The Balaban J connectivity index is 2.57. The van der Waals surface area contributed by atoms with Crippen molar-refractivity contribution in [2.45, 2.75) is 32.4 Å². The molecule has 0 radical (unpaired) electrons. The fraction of sp³-hybridized carbons (Fsp3) is 0.900. The van der Waals surface area contributed by atoms with Crippen LogP contribution in [0.5, 0.6) is 0 Å². The number of nitrogens with two attached hydrogens (primary N) is 1. The van der Waals surface area contributed by atoms with Crippen molar-refractivity contribution in [3.8, 4) is 0 Å². The quantitative estimate of drug-likeness (QED) is 0.702. The van der Waals surface area contributed by atoms with Crippen molar-refractivity contribution in [3.63, 3.8) is 0 Å². The molecule has 1 saturated heterocycles. The highest BCUT2D eigenvalue weighted by atomic mass is 16.6. The number of morpholine rings is 1. The minimum absolute atomic E-state index is 0.173. The highest BCUT2D eigenvalue weighted by Gasteiger charge is 2.30. The molecular weight excluding hydrogens is 212 g/mol. The summed E-state index contributed by atoms with van der Waals surface area (Å²) >= 11 is 0. The molecule has 2 N–H and O–H groups in total. The van der Waals surface area contributed by atoms with Crippen LogP contribution in [0.1, 0.15) is 20.8 Å². The first-order valence-corrected chi connectivity index (χ1v) is 5.33. The highest BCUT2D eigenvalue weighted by molar-refractivity contribution is 5.68. The molecule has 0 aromatic rings. The molecule has 1 amide bonds. The lowest BCUT2D eigenvalue weighted by molar-refractivity contribution is -0.0547. The molecule has 1 rings (SSSR count). The Morgan fingerprint density at radius 1 is 1.56 bits per heavy atom. The molecule has 0 bridgehead atoms. The largest absolute Gasteiger partial charge is 0.444 e. The predicted molar refractivity (Wildman–Crippen MR) is 57.7 cm³/mol. The molecule has 6 heteroatoms. The van der Waals surface area contributed by atoms with Crippen molar-refractivity contribution in [2.24, 2.45) is 5.90 Å². The molecule has 6 nitrogen and oxygen atoms in total. The summed E-state index contributed by atoms with van der Waals surface area (Å²) in [6.07, 6.45) is -0.349. The summed E-state index contributed by atoms with van der Waals surface area (Å²) in [7, 11) is 0. The molecule has 0 saturated carbocycles. The molecule has 1 aliphatic heterocycles. The second-order valence-electron chi connectivity index (χ2n) is 4.74. The van der Waals surface area contributed by atoms with Crippen molar-refractivity contribution in [3.05, 3.63) is 0 Å². The summed E-state index contributed by atoms with van der Waals surface area (Å²) in [6, 6.07) is -0.173. The number of amides is 1. The maximum absolute atomic E-state index is 11.9. The van der Waals surface area contributed by atoms with Crippen LogP contribution in [-0.4, -0.2) is 49.0 Å². The van der Waals surface area contributed by atoms with Gasteiger partial charge in [0.1, 0.15) is 5.60 Å². The van der Waals surface area contributed by atoms with E-state index >= 15 is 0 Å². The standard InChI is InChI=1S/C10H20N2O4/c1-10(2,3)16-9(13)12-4-5-14-6-8(12)7-15-11/h8H,4-7,11H2,1-3H3/t8-/m0/s1. The maximum atomic E-state index is 11.9. The van der Waals surface area contributed by atoms with Crippen LogP contribution >= 0.6 is 0 Å². The van der Waals surface area contributed by atoms with Gasteiger partial charge in [-0.25, -0.2) is 10.7 Å². The van der Waals surface area contributed by atoms with E-state index < -0.39 is 5.60 Å². The van der Waals surface area contributed by atoms with E-state index in [2.05, 4.69) is 4.84 Å². The summed E-state index contributed by atoms with van der Waals surface area (Å²) in [6.45, 7) is 7.19. The van der Waals surface area contributed by atoms with Crippen LogP contribution in [0.3, 0.4) is 0 Å². The number of rotatable bonds is 2. The summed E-state index contributed by atoms with van der Waals surface area (Å²) in [5.41, 5.74) is -0.497. The molecule has 94 valence electrons. The van der Waals surface area contributed by atoms with E-state index in [4.69, 9.17) is 15.4 Å². The Labute approximate surface area is 95.6 Å². The average molecular weight is 232 g/mol. The molecule has 0 aromatic carbocycles. The summed E-state index contributed by atoms with van der Waals surface area (Å²) in [5.74, 6) is 5.01. The first-order chi connectivity index (χ1) is 7.44. The normalized spacial score (nSPS) is 22.0. The highest BCUT2D eigenvalue weighted by Crippen LogP contribution is 2.14. The molecule has 1 aliphatic rings. The predicted octanol–water partition coefficient (Wildman–Crippen LogP) is 0.513. The third kappa shape index (κ3) is 3.96. The molecule has 1 heterocycles. The summed E-state index contributed by atoms with van der Waals surface area (Å²) in [5, 5.41) is 0. The van der Waals surface area contributed by atoms with Gasteiger partial charge in [-0.15, -0.1) is 0 Å². The van der Waals surface area contributed by atoms with Crippen LogP contribution in [0, 0.1) is 0 Å².